The summed E-state index contributed by atoms with van der Waals surface area (Å²) < 4.78 is 11.4. The molecule has 37 heavy (non-hydrogen) atoms. The minimum absolute atomic E-state index is 0.149. The topological polar surface area (TPSA) is 110 Å². The number of rotatable bonds is 8. The Balaban J connectivity index is 1.28. The molecule has 2 aromatic heterocycles. The van der Waals surface area contributed by atoms with E-state index in [1.54, 1.807) is 48.7 Å². The third-order valence-electron chi connectivity index (χ3n) is 6.34. The van der Waals surface area contributed by atoms with Crippen molar-refractivity contribution in [3.63, 3.8) is 0 Å². The van der Waals surface area contributed by atoms with Gasteiger partial charge in [-0.1, -0.05) is 45.0 Å². The molecule has 9 nitrogen and oxygen atoms in total. The Labute approximate surface area is 217 Å². The standard InChI is InChI=1S/C28H35N5O4/c1-5-33-14-11-21(12-15-33)36-22-10-13-29-23(17-22)27(35)30-20-8-6-19(7-9-20)16-26(34)31-25-18-24(37-32-25)28(2,3)4/h6-10,13,17-18,21H,5,11-12,14-16H2,1-4H3,(H,30,35)(H,31,32,34). The van der Waals surface area contributed by atoms with E-state index in [2.05, 4.69) is 32.6 Å². The summed E-state index contributed by atoms with van der Waals surface area (Å²) in [6.07, 6.45) is 3.85. The zero-order valence-electron chi connectivity index (χ0n) is 21.9. The highest BCUT2D eigenvalue weighted by molar-refractivity contribution is 6.03. The molecule has 2 amide bonds. The molecule has 3 heterocycles. The number of carbonyl (C=O) groups is 2. The maximum Gasteiger partial charge on any atom is 0.274 e. The first-order chi connectivity index (χ1) is 17.7. The van der Waals surface area contributed by atoms with Crippen LogP contribution in [0.1, 0.15) is 62.3 Å². The van der Waals surface area contributed by atoms with Gasteiger partial charge in [0.05, 0.1) is 6.42 Å². The van der Waals surface area contributed by atoms with Crippen LogP contribution < -0.4 is 15.4 Å². The van der Waals surface area contributed by atoms with E-state index in [0.29, 0.717) is 23.0 Å². The van der Waals surface area contributed by atoms with Gasteiger partial charge in [0, 0.05) is 42.5 Å². The SMILES string of the molecule is CCN1CCC(Oc2ccnc(C(=O)Nc3ccc(CC(=O)Nc4cc(C(C)(C)C)on4)cc3)c2)CC1. The predicted molar refractivity (Wildman–Crippen MR) is 142 cm³/mol. The number of pyridine rings is 1. The van der Waals surface area contributed by atoms with E-state index in [9.17, 15) is 9.59 Å². The van der Waals surface area contributed by atoms with Crippen LogP contribution >= 0.6 is 0 Å². The summed E-state index contributed by atoms with van der Waals surface area (Å²) in [6.45, 7) is 11.3. The molecule has 0 radical (unpaired) electrons. The molecule has 3 aromatic rings. The average Bonchev–Trinajstić information content (AvgIpc) is 3.35. The van der Waals surface area contributed by atoms with E-state index in [1.165, 1.54) is 0 Å². The number of likely N-dealkylation sites (tertiary alicyclic amines) is 1. The van der Waals surface area contributed by atoms with Crippen LogP contribution in [0.3, 0.4) is 0 Å². The molecule has 0 unspecified atom stereocenters. The molecule has 1 aromatic carbocycles. The van der Waals surface area contributed by atoms with Crippen molar-refractivity contribution >= 4 is 23.3 Å². The van der Waals surface area contributed by atoms with Gasteiger partial charge < -0.3 is 24.8 Å². The van der Waals surface area contributed by atoms with Crippen molar-refractivity contribution in [1.82, 2.24) is 15.0 Å². The first-order valence-corrected chi connectivity index (χ1v) is 12.7. The van der Waals surface area contributed by atoms with Gasteiger partial charge in [-0.15, -0.1) is 0 Å². The molecule has 4 rings (SSSR count). The zero-order valence-corrected chi connectivity index (χ0v) is 21.9. The molecule has 9 heteroatoms. The molecule has 196 valence electrons. The number of nitrogens with one attached hydrogen (secondary N) is 2. The van der Waals surface area contributed by atoms with Gasteiger partial charge in [0.15, 0.2) is 5.82 Å². The number of benzene rings is 1. The third kappa shape index (κ3) is 7.39. The molecular formula is C28H35N5O4. The van der Waals surface area contributed by atoms with E-state index in [-0.39, 0.29) is 35.4 Å². The summed E-state index contributed by atoms with van der Waals surface area (Å²) in [5.74, 6) is 1.22. The van der Waals surface area contributed by atoms with Crippen molar-refractivity contribution in [1.29, 1.82) is 0 Å². The smallest absolute Gasteiger partial charge is 0.274 e. The predicted octanol–water partition coefficient (Wildman–Crippen LogP) is 4.66. The van der Waals surface area contributed by atoms with Crippen molar-refractivity contribution in [2.75, 3.05) is 30.3 Å². The van der Waals surface area contributed by atoms with E-state index >= 15 is 0 Å². The Bertz CT molecular complexity index is 1210. The quantitative estimate of drug-likeness (QED) is 0.458. The Hall–Kier alpha value is -3.72. The lowest BCUT2D eigenvalue weighted by Crippen LogP contribution is -2.38. The first kappa shape index (κ1) is 26.3. The fourth-order valence-corrected chi connectivity index (χ4v) is 4.11. The van der Waals surface area contributed by atoms with E-state index in [1.807, 2.05) is 20.8 Å². The van der Waals surface area contributed by atoms with E-state index < -0.39 is 0 Å². The minimum Gasteiger partial charge on any atom is -0.490 e. The number of ether oxygens (including phenoxy) is 1. The highest BCUT2D eigenvalue weighted by Gasteiger charge is 2.21. The number of piperidine rings is 1. The van der Waals surface area contributed by atoms with Gasteiger partial charge in [-0.25, -0.2) is 0 Å². The summed E-state index contributed by atoms with van der Waals surface area (Å²) in [7, 11) is 0. The maximum atomic E-state index is 12.8. The molecule has 0 atom stereocenters. The number of aromatic nitrogens is 2. The number of carbonyl (C=O) groups excluding carboxylic acids is 2. The van der Waals surface area contributed by atoms with Gasteiger partial charge in [-0.2, -0.15) is 0 Å². The lowest BCUT2D eigenvalue weighted by molar-refractivity contribution is -0.115. The highest BCUT2D eigenvalue weighted by atomic mass is 16.5. The van der Waals surface area contributed by atoms with Crippen LogP contribution in [0.5, 0.6) is 5.75 Å². The molecule has 2 N–H and O–H groups in total. The van der Waals surface area contributed by atoms with Crippen LogP contribution in [0.4, 0.5) is 11.5 Å². The monoisotopic (exact) mass is 505 g/mol. The molecule has 1 saturated heterocycles. The van der Waals surface area contributed by atoms with Crippen molar-refractivity contribution in [3.8, 4) is 5.75 Å². The van der Waals surface area contributed by atoms with E-state index in [4.69, 9.17) is 9.26 Å². The Morgan fingerprint density at radius 3 is 2.46 bits per heavy atom. The lowest BCUT2D eigenvalue weighted by Gasteiger charge is -2.31. The number of nitrogens with zero attached hydrogens (tertiary/aromatic N) is 3. The fraction of sp³-hybridized carbons (Fsp3) is 0.429. The minimum atomic E-state index is -0.322. The molecule has 0 bridgehead atoms. The molecule has 0 saturated carbocycles. The van der Waals surface area contributed by atoms with Crippen molar-refractivity contribution < 1.29 is 18.8 Å². The largest absolute Gasteiger partial charge is 0.490 e. The number of amides is 2. The van der Waals surface area contributed by atoms with Crippen molar-refractivity contribution in [2.24, 2.45) is 0 Å². The summed E-state index contributed by atoms with van der Waals surface area (Å²) >= 11 is 0. The summed E-state index contributed by atoms with van der Waals surface area (Å²) in [5, 5.41) is 9.52. The highest BCUT2D eigenvalue weighted by Crippen LogP contribution is 2.24. The zero-order chi connectivity index (χ0) is 26.4. The molecule has 1 aliphatic rings. The van der Waals surface area contributed by atoms with Gasteiger partial charge in [-0.05, 0) is 43.1 Å². The maximum absolute atomic E-state index is 12.8. The Morgan fingerprint density at radius 2 is 1.81 bits per heavy atom. The van der Waals surface area contributed by atoms with Crippen molar-refractivity contribution in [2.45, 2.75) is 58.5 Å². The van der Waals surface area contributed by atoms with Crippen LogP contribution in [0.25, 0.3) is 0 Å². The third-order valence-corrected chi connectivity index (χ3v) is 6.34. The van der Waals surface area contributed by atoms with Crippen LogP contribution in [-0.2, 0) is 16.6 Å². The number of hydrogen-bond acceptors (Lipinski definition) is 7. The first-order valence-electron chi connectivity index (χ1n) is 12.7. The van der Waals surface area contributed by atoms with E-state index in [0.717, 1.165) is 38.0 Å². The number of hydrogen-bond donors (Lipinski definition) is 2. The molecule has 0 spiro atoms. The lowest BCUT2D eigenvalue weighted by atomic mass is 9.93. The second-order valence-corrected chi connectivity index (χ2v) is 10.3. The normalized spacial score (nSPS) is 14.8. The van der Waals surface area contributed by atoms with Crippen LogP contribution in [0.15, 0.2) is 53.2 Å². The van der Waals surface area contributed by atoms with Gasteiger partial charge in [-0.3, -0.25) is 14.6 Å². The van der Waals surface area contributed by atoms with Gasteiger partial charge in [0.2, 0.25) is 5.91 Å². The second-order valence-electron chi connectivity index (χ2n) is 10.3. The summed E-state index contributed by atoms with van der Waals surface area (Å²) in [6, 6.07) is 12.3. The number of anilines is 2. The Kier molecular flexibility index (Phi) is 8.23. The van der Waals surface area contributed by atoms with Gasteiger partial charge in [0.1, 0.15) is 23.3 Å². The summed E-state index contributed by atoms with van der Waals surface area (Å²) in [4.78, 5) is 31.8. The van der Waals surface area contributed by atoms with Crippen LogP contribution in [0.2, 0.25) is 0 Å². The fourth-order valence-electron chi connectivity index (χ4n) is 4.11. The molecule has 1 aliphatic heterocycles. The van der Waals surface area contributed by atoms with Gasteiger partial charge in [0.25, 0.3) is 5.91 Å². The van der Waals surface area contributed by atoms with Crippen LogP contribution in [-0.4, -0.2) is 52.6 Å². The van der Waals surface area contributed by atoms with Gasteiger partial charge >= 0.3 is 0 Å². The average molecular weight is 506 g/mol. The van der Waals surface area contributed by atoms with Crippen LogP contribution in [0, 0.1) is 0 Å². The summed E-state index contributed by atoms with van der Waals surface area (Å²) in [5.41, 5.74) is 1.51. The molecular weight excluding hydrogens is 470 g/mol. The second kappa shape index (κ2) is 11.6. The molecule has 0 aliphatic carbocycles. The Morgan fingerprint density at radius 1 is 1.08 bits per heavy atom. The van der Waals surface area contributed by atoms with Crippen molar-refractivity contribution in [3.05, 3.63) is 65.7 Å². The molecule has 1 fully saturated rings.